The van der Waals surface area contributed by atoms with Crippen LogP contribution in [-0.2, 0) is 12.7 Å². The number of aliphatic hydroxyl groups excluding tert-OH is 1. The summed E-state index contributed by atoms with van der Waals surface area (Å²) >= 11 is 0.814. The highest BCUT2D eigenvalue weighted by Gasteiger charge is 2.34. The van der Waals surface area contributed by atoms with Crippen molar-refractivity contribution in [1.29, 1.82) is 0 Å². The van der Waals surface area contributed by atoms with Gasteiger partial charge in [-0.15, -0.1) is 11.3 Å². The van der Waals surface area contributed by atoms with Gasteiger partial charge in [0.25, 0.3) is 0 Å². The SMILES string of the molecule is CCNC(=O)Nc1cc(-c2nc(C(F)(F)F)cs2)c(-c2ccc3c(c2)c(=O)c(C)cn3CCO)cn1. The third-order valence-electron chi connectivity index (χ3n) is 5.42. The van der Waals surface area contributed by atoms with Gasteiger partial charge in [-0.05, 0) is 37.6 Å². The van der Waals surface area contributed by atoms with Crippen LogP contribution in [0.25, 0.3) is 32.6 Å². The fourth-order valence-corrected chi connectivity index (χ4v) is 4.64. The summed E-state index contributed by atoms with van der Waals surface area (Å²) in [5.41, 5.74) is 1.18. The summed E-state index contributed by atoms with van der Waals surface area (Å²) in [5, 5.41) is 15.9. The number of aliphatic hydroxyl groups is 1. The number of rotatable bonds is 6. The van der Waals surface area contributed by atoms with Crippen LogP contribution in [0.15, 0.2) is 46.8 Å². The molecule has 3 N–H and O–H groups in total. The second kappa shape index (κ2) is 10.1. The second-order valence-electron chi connectivity index (χ2n) is 7.93. The first-order valence-corrected chi connectivity index (χ1v) is 11.8. The molecule has 8 nitrogen and oxygen atoms in total. The molecular weight excluding hydrogens is 495 g/mol. The number of hydrogen-bond donors (Lipinski definition) is 3. The first-order valence-electron chi connectivity index (χ1n) is 11.0. The van der Waals surface area contributed by atoms with Crippen molar-refractivity contribution in [2.75, 3.05) is 18.5 Å². The van der Waals surface area contributed by atoms with E-state index >= 15 is 0 Å². The maximum absolute atomic E-state index is 13.2. The summed E-state index contributed by atoms with van der Waals surface area (Å²) in [6.07, 6.45) is -1.51. The molecule has 12 heteroatoms. The van der Waals surface area contributed by atoms with Crippen LogP contribution in [0.2, 0.25) is 0 Å². The Morgan fingerprint density at radius 3 is 2.67 bits per heavy atom. The third kappa shape index (κ3) is 5.09. The number of fused-ring (bicyclic) bond motifs is 1. The number of benzene rings is 1. The maximum atomic E-state index is 13.2. The molecule has 2 amide bonds. The zero-order valence-corrected chi connectivity index (χ0v) is 20.1. The molecule has 0 atom stereocenters. The molecule has 0 bridgehead atoms. The van der Waals surface area contributed by atoms with E-state index in [0.717, 1.165) is 16.7 Å². The molecule has 0 fully saturated rings. The quantitative estimate of drug-likeness (QED) is 0.345. The topological polar surface area (TPSA) is 109 Å². The smallest absolute Gasteiger partial charge is 0.395 e. The van der Waals surface area contributed by atoms with Crippen molar-refractivity contribution in [3.8, 4) is 21.7 Å². The van der Waals surface area contributed by atoms with Crippen LogP contribution in [0.4, 0.5) is 23.8 Å². The number of aromatic nitrogens is 3. The highest BCUT2D eigenvalue weighted by atomic mass is 32.1. The van der Waals surface area contributed by atoms with Crippen molar-refractivity contribution in [3.05, 3.63) is 63.5 Å². The number of nitrogens with zero attached hydrogens (tertiary/aromatic N) is 3. The Kier molecular flexibility index (Phi) is 7.09. The number of hydrogen-bond acceptors (Lipinski definition) is 6. The molecule has 0 radical (unpaired) electrons. The molecule has 0 aliphatic heterocycles. The van der Waals surface area contributed by atoms with Gasteiger partial charge in [0, 0.05) is 52.9 Å². The molecule has 0 spiro atoms. The number of carbonyl (C=O) groups excluding carboxylic acids is 1. The number of amides is 2. The average molecular weight is 518 g/mol. The molecule has 188 valence electrons. The first kappa shape index (κ1) is 25.3. The van der Waals surface area contributed by atoms with E-state index in [1.54, 1.807) is 42.8 Å². The molecule has 4 rings (SSSR count). The molecule has 3 aromatic heterocycles. The van der Waals surface area contributed by atoms with Crippen LogP contribution in [0.5, 0.6) is 0 Å². The van der Waals surface area contributed by atoms with Crippen LogP contribution in [0.1, 0.15) is 18.2 Å². The van der Waals surface area contributed by atoms with E-state index in [1.807, 2.05) is 0 Å². The highest BCUT2D eigenvalue weighted by molar-refractivity contribution is 7.13. The third-order valence-corrected chi connectivity index (χ3v) is 6.29. The lowest BCUT2D eigenvalue weighted by Gasteiger charge is -2.14. The van der Waals surface area contributed by atoms with Crippen molar-refractivity contribution in [1.82, 2.24) is 19.9 Å². The number of thiazole rings is 1. The molecule has 0 aliphatic rings. The van der Waals surface area contributed by atoms with Gasteiger partial charge in [-0.25, -0.2) is 14.8 Å². The number of halogens is 3. The van der Waals surface area contributed by atoms with Crippen LogP contribution >= 0.6 is 11.3 Å². The molecule has 1 aromatic carbocycles. The lowest BCUT2D eigenvalue weighted by molar-refractivity contribution is -0.140. The van der Waals surface area contributed by atoms with Crippen LogP contribution < -0.4 is 16.1 Å². The molecule has 0 saturated carbocycles. The number of nitrogens with one attached hydrogen (secondary N) is 2. The Morgan fingerprint density at radius 1 is 1.22 bits per heavy atom. The van der Waals surface area contributed by atoms with Gasteiger partial charge in [-0.2, -0.15) is 13.2 Å². The Labute approximate surface area is 207 Å². The number of carbonyl (C=O) groups is 1. The van der Waals surface area contributed by atoms with Gasteiger partial charge < -0.3 is 15.0 Å². The van der Waals surface area contributed by atoms with E-state index in [2.05, 4.69) is 20.6 Å². The molecule has 36 heavy (non-hydrogen) atoms. The summed E-state index contributed by atoms with van der Waals surface area (Å²) in [6, 6.07) is 6.03. The summed E-state index contributed by atoms with van der Waals surface area (Å²) in [6.45, 7) is 3.97. The second-order valence-corrected chi connectivity index (χ2v) is 8.78. The summed E-state index contributed by atoms with van der Waals surface area (Å²) < 4.78 is 41.5. The Morgan fingerprint density at radius 2 is 2.00 bits per heavy atom. The minimum Gasteiger partial charge on any atom is -0.395 e. The molecule has 3 heterocycles. The van der Waals surface area contributed by atoms with Crippen molar-refractivity contribution in [3.63, 3.8) is 0 Å². The van der Waals surface area contributed by atoms with Gasteiger partial charge in [-0.3, -0.25) is 10.1 Å². The number of pyridine rings is 2. The van der Waals surface area contributed by atoms with E-state index < -0.39 is 17.9 Å². The molecule has 4 aromatic rings. The van der Waals surface area contributed by atoms with Crippen LogP contribution in [0.3, 0.4) is 0 Å². The van der Waals surface area contributed by atoms with Crippen LogP contribution in [-0.4, -0.2) is 38.8 Å². The minimum absolute atomic E-state index is 0.0840. The fraction of sp³-hybridized carbons (Fsp3) is 0.250. The van der Waals surface area contributed by atoms with Crippen molar-refractivity contribution in [2.45, 2.75) is 26.6 Å². The van der Waals surface area contributed by atoms with E-state index in [0.29, 0.717) is 46.2 Å². The van der Waals surface area contributed by atoms with E-state index in [9.17, 15) is 27.9 Å². The van der Waals surface area contributed by atoms with Gasteiger partial charge in [0.15, 0.2) is 11.1 Å². The Balaban J connectivity index is 1.89. The van der Waals surface area contributed by atoms with Gasteiger partial charge >= 0.3 is 12.2 Å². The Hall–Kier alpha value is -3.77. The van der Waals surface area contributed by atoms with Gasteiger partial charge in [0.05, 0.1) is 12.1 Å². The number of aryl methyl sites for hydroxylation is 1. The predicted octanol–water partition coefficient (Wildman–Crippen LogP) is 4.65. The van der Waals surface area contributed by atoms with E-state index in [1.165, 1.54) is 12.3 Å². The van der Waals surface area contributed by atoms with Crippen molar-refractivity contribution >= 4 is 34.1 Å². The average Bonchev–Trinajstić information content (AvgIpc) is 3.33. The standard InChI is InChI=1S/C24H22F3N5O3S/c1-3-28-23(35)31-20-9-15(22-30-19(12-36-22)24(25,26)27)17(10-29-20)14-4-5-18-16(8-14)21(34)13(2)11-32(18)6-7-33/h4-5,8-12,33H,3,6-7H2,1-2H3,(H2,28,29,31,35). The van der Waals surface area contributed by atoms with Gasteiger partial charge in [-0.1, -0.05) is 6.07 Å². The largest absolute Gasteiger partial charge is 0.434 e. The number of anilines is 1. The lowest BCUT2D eigenvalue weighted by atomic mass is 9.99. The molecule has 0 aliphatic carbocycles. The molecule has 0 saturated heterocycles. The maximum Gasteiger partial charge on any atom is 0.434 e. The minimum atomic E-state index is -4.61. The van der Waals surface area contributed by atoms with Crippen molar-refractivity contribution < 1.29 is 23.1 Å². The summed E-state index contributed by atoms with van der Waals surface area (Å²) in [4.78, 5) is 32.9. The number of alkyl halides is 3. The number of urea groups is 1. The fourth-order valence-electron chi connectivity index (χ4n) is 3.78. The van der Waals surface area contributed by atoms with Gasteiger partial charge in [0.2, 0.25) is 0 Å². The molecular formula is C24H22F3N5O3S. The lowest BCUT2D eigenvalue weighted by Crippen LogP contribution is -2.28. The predicted molar refractivity (Wildman–Crippen MR) is 132 cm³/mol. The van der Waals surface area contributed by atoms with Gasteiger partial charge in [0.1, 0.15) is 10.8 Å². The summed E-state index contributed by atoms with van der Waals surface area (Å²) in [5.74, 6) is 0.130. The van der Waals surface area contributed by atoms with Crippen molar-refractivity contribution in [2.24, 2.45) is 0 Å². The monoisotopic (exact) mass is 517 g/mol. The normalized spacial score (nSPS) is 11.6. The molecule has 0 unspecified atom stereocenters. The van der Waals surface area contributed by atoms with Crippen LogP contribution in [0, 0.1) is 6.92 Å². The highest BCUT2D eigenvalue weighted by Crippen LogP contribution is 2.38. The van der Waals surface area contributed by atoms with E-state index in [-0.39, 0.29) is 22.9 Å². The Bertz CT molecular complexity index is 1500. The summed E-state index contributed by atoms with van der Waals surface area (Å²) in [7, 11) is 0. The van der Waals surface area contributed by atoms with E-state index in [4.69, 9.17) is 0 Å². The zero-order chi connectivity index (χ0) is 26.0. The zero-order valence-electron chi connectivity index (χ0n) is 19.3. The first-order chi connectivity index (χ1) is 17.1.